The molecular formula is C18H19N3O2S. The van der Waals surface area contributed by atoms with E-state index in [0.717, 1.165) is 48.0 Å². The number of fused-ring (bicyclic) bond motifs is 2. The molecule has 1 atom stereocenters. The van der Waals surface area contributed by atoms with Crippen molar-refractivity contribution in [3.63, 3.8) is 0 Å². The average Bonchev–Trinajstić information content (AvgIpc) is 3.22. The van der Waals surface area contributed by atoms with Crippen LogP contribution in [-0.2, 0) is 4.74 Å². The Hall–Kier alpha value is -1.92. The van der Waals surface area contributed by atoms with Crippen LogP contribution < -0.4 is 4.90 Å². The van der Waals surface area contributed by atoms with Crippen molar-refractivity contribution in [2.24, 2.45) is 5.92 Å². The van der Waals surface area contributed by atoms with E-state index in [2.05, 4.69) is 9.88 Å². The Morgan fingerprint density at radius 2 is 1.96 bits per heavy atom. The molecule has 0 saturated carbocycles. The van der Waals surface area contributed by atoms with Gasteiger partial charge in [-0.15, -0.1) is 0 Å². The molecule has 5 nitrogen and oxygen atoms in total. The maximum Gasteiger partial charge on any atom is 0.415 e. The van der Waals surface area contributed by atoms with Crippen molar-refractivity contribution in [3.8, 4) is 10.6 Å². The van der Waals surface area contributed by atoms with Crippen LogP contribution in [0.25, 0.3) is 10.6 Å². The standard InChI is InChI=1S/C18H19N3O2S/c22-17-21(12-18(23-17)11-20-8-6-14(18)7-9-20)15-10-19-16(24-15)13-4-2-1-3-5-13/h1-5,10,14H,6-9,11-12H2/t18-/m1/s1. The number of aromatic nitrogens is 1. The highest BCUT2D eigenvalue weighted by molar-refractivity contribution is 7.19. The number of anilines is 1. The number of amides is 1. The molecule has 4 aliphatic heterocycles. The maximum absolute atomic E-state index is 12.5. The number of thiazole rings is 1. The lowest BCUT2D eigenvalue weighted by Crippen LogP contribution is -2.61. The second-order valence-electron chi connectivity index (χ2n) is 6.94. The number of ether oxygens (including phenoxy) is 1. The highest BCUT2D eigenvalue weighted by Gasteiger charge is 2.55. The summed E-state index contributed by atoms with van der Waals surface area (Å²) in [4.78, 5) is 21.3. The summed E-state index contributed by atoms with van der Waals surface area (Å²) in [5.41, 5.74) is 0.767. The molecule has 4 saturated heterocycles. The Bertz CT molecular complexity index is 770. The molecule has 4 fully saturated rings. The second-order valence-corrected chi connectivity index (χ2v) is 7.95. The number of hydrogen-bond acceptors (Lipinski definition) is 5. The van der Waals surface area contributed by atoms with Crippen molar-refractivity contribution in [2.75, 3.05) is 31.1 Å². The smallest absolute Gasteiger partial charge is 0.415 e. The Labute approximate surface area is 144 Å². The van der Waals surface area contributed by atoms with Crippen molar-refractivity contribution in [1.29, 1.82) is 0 Å². The molecule has 4 aliphatic rings. The minimum atomic E-state index is -0.315. The number of nitrogens with zero attached hydrogens (tertiary/aromatic N) is 3. The molecular weight excluding hydrogens is 322 g/mol. The first-order valence-electron chi connectivity index (χ1n) is 8.48. The minimum Gasteiger partial charge on any atom is -0.439 e. The van der Waals surface area contributed by atoms with E-state index in [9.17, 15) is 4.79 Å². The molecule has 124 valence electrons. The van der Waals surface area contributed by atoms with Gasteiger partial charge in [-0.05, 0) is 25.9 Å². The summed E-state index contributed by atoms with van der Waals surface area (Å²) in [5.74, 6) is 0.498. The summed E-state index contributed by atoms with van der Waals surface area (Å²) in [7, 11) is 0. The first kappa shape index (κ1) is 14.4. The molecule has 2 aromatic rings. The summed E-state index contributed by atoms with van der Waals surface area (Å²) < 4.78 is 5.93. The zero-order valence-electron chi connectivity index (χ0n) is 13.4. The van der Waals surface area contributed by atoms with E-state index in [0.29, 0.717) is 12.5 Å². The van der Waals surface area contributed by atoms with Gasteiger partial charge in [-0.25, -0.2) is 9.78 Å². The number of carbonyl (C=O) groups is 1. The molecule has 2 bridgehead atoms. The van der Waals surface area contributed by atoms with Crippen LogP contribution in [0.4, 0.5) is 9.80 Å². The zero-order valence-corrected chi connectivity index (χ0v) is 14.2. The van der Waals surface area contributed by atoms with Crippen LogP contribution in [0.1, 0.15) is 12.8 Å². The molecule has 6 heteroatoms. The lowest BCUT2D eigenvalue weighted by Gasteiger charge is -2.49. The Morgan fingerprint density at radius 3 is 2.67 bits per heavy atom. The van der Waals surface area contributed by atoms with Crippen molar-refractivity contribution >= 4 is 22.4 Å². The van der Waals surface area contributed by atoms with Crippen molar-refractivity contribution in [2.45, 2.75) is 18.4 Å². The third kappa shape index (κ3) is 2.17. The third-order valence-electron chi connectivity index (χ3n) is 5.54. The van der Waals surface area contributed by atoms with Crippen LogP contribution in [0, 0.1) is 5.92 Å². The summed E-state index contributed by atoms with van der Waals surface area (Å²) in [5, 5.41) is 1.82. The van der Waals surface area contributed by atoms with E-state index in [4.69, 9.17) is 4.74 Å². The van der Waals surface area contributed by atoms with Gasteiger partial charge in [-0.1, -0.05) is 41.7 Å². The van der Waals surface area contributed by atoms with Gasteiger partial charge in [0, 0.05) is 18.0 Å². The van der Waals surface area contributed by atoms with E-state index in [1.165, 1.54) is 0 Å². The van der Waals surface area contributed by atoms with Crippen LogP contribution in [-0.4, -0.2) is 47.8 Å². The van der Waals surface area contributed by atoms with E-state index in [-0.39, 0.29) is 11.7 Å². The molecule has 1 aromatic heterocycles. The molecule has 0 N–H and O–H groups in total. The van der Waals surface area contributed by atoms with Crippen molar-refractivity contribution in [3.05, 3.63) is 36.5 Å². The Kier molecular flexibility index (Phi) is 3.18. The van der Waals surface area contributed by atoms with E-state index < -0.39 is 0 Å². The second kappa shape index (κ2) is 5.29. The number of carbonyl (C=O) groups excluding carboxylic acids is 1. The molecule has 1 spiro atoms. The SMILES string of the molecule is O=C1O[C@]2(CN3CCC2CC3)CN1c1cnc(-c2ccccc2)s1. The van der Waals surface area contributed by atoms with Crippen LogP contribution >= 0.6 is 11.3 Å². The summed E-state index contributed by atoms with van der Waals surface area (Å²) in [6.07, 6.45) is 3.86. The monoisotopic (exact) mass is 341 g/mol. The Morgan fingerprint density at radius 1 is 1.17 bits per heavy atom. The molecule has 1 aromatic carbocycles. The third-order valence-corrected chi connectivity index (χ3v) is 6.61. The van der Waals surface area contributed by atoms with Crippen LogP contribution in [0.2, 0.25) is 0 Å². The molecule has 5 heterocycles. The normalized spacial score (nSPS) is 31.7. The van der Waals surface area contributed by atoms with Gasteiger partial charge >= 0.3 is 6.09 Å². The van der Waals surface area contributed by atoms with Gasteiger partial charge < -0.3 is 4.74 Å². The highest BCUT2D eigenvalue weighted by atomic mass is 32.1. The van der Waals surface area contributed by atoms with Gasteiger partial charge in [0.1, 0.15) is 15.6 Å². The van der Waals surface area contributed by atoms with Gasteiger partial charge in [0.15, 0.2) is 0 Å². The summed E-state index contributed by atoms with van der Waals surface area (Å²) >= 11 is 1.55. The number of benzene rings is 1. The molecule has 6 rings (SSSR count). The highest BCUT2D eigenvalue weighted by Crippen LogP contribution is 2.44. The van der Waals surface area contributed by atoms with Gasteiger partial charge in [0.25, 0.3) is 0 Å². The maximum atomic E-state index is 12.5. The summed E-state index contributed by atoms with van der Waals surface area (Å²) in [6, 6.07) is 10.1. The van der Waals surface area contributed by atoms with E-state index in [1.807, 2.05) is 30.3 Å². The quantitative estimate of drug-likeness (QED) is 0.841. The lowest BCUT2D eigenvalue weighted by molar-refractivity contribution is -0.0881. The minimum absolute atomic E-state index is 0.216. The predicted molar refractivity (Wildman–Crippen MR) is 93.3 cm³/mol. The zero-order chi connectivity index (χ0) is 16.1. The number of hydrogen-bond donors (Lipinski definition) is 0. The van der Waals surface area contributed by atoms with E-state index in [1.54, 1.807) is 22.4 Å². The fourth-order valence-electron chi connectivity index (χ4n) is 4.29. The average molecular weight is 341 g/mol. The van der Waals surface area contributed by atoms with Crippen LogP contribution in [0.15, 0.2) is 36.5 Å². The first-order chi connectivity index (χ1) is 11.7. The number of rotatable bonds is 2. The fraction of sp³-hybridized carbons (Fsp3) is 0.444. The first-order valence-corrected chi connectivity index (χ1v) is 9.29. The van der Waals surface area contributed by atoms with Crippen molar-refractivity contribution in [1.82, 2.24) is 9.88 Å². The molecule has 0 aliphatic carbocycles. The van der Waals surface area contributed by atoms with Crippen LogP contribution in [0.5, 0.6) is 0 Å². The van der Waals surface area contributed by atoms with Gasteiger partial charge in [0.05, 0.1) is 12.7 Å². The Balaban J connectivity index is 1.42. The number of piperidine rings is 3. The van der Waals surface area contributed by atoms with Gasteiger partial charge in [0.2, 0.25) is 0 Å². The van der Waals surface area contributed by atoms with Gasteiger partial charge in [-0.3, -0.25) is 9.80 Å². The largest absolute Gasteiger partial charge is 0.439 e. The fourth-order valence-corrected chi connectivity index (χ4v) is 5.20. The van der Waals surface area contributed by atoms with Gasteiger partial charge in [-0.2, -0.15) is 0 Å². The molecule has 1 amide bonds. The molecule has 0 radical (unpaired) electrons. The van der Waals surface area contributed by atoms with E-state index >= 15 is 0 Å². The topological polar surface area (TPSA) is 45.7 Å². The summed E-state index contributed by atoms with van der Waals surface area (Å²) in [6.45, 7) is 3.82. The van der Waals surface area contributed by atoms with Crippen LogP contribution in [0.3, 0.4) is 0 Å². The molecule has 0 unspecified atom stereocenters. The molecule has 24 heavy (non-hydrogen) atoms. The predicted octanol–water partition coefficient (Wildman–Crippen LogP) is 3.23. The van der Waals surface area contributed by atoms with Crippen molar-refractivity contribution < 1.29 is 9.53 Å². The lowest BCUT2D eigenvalue weighted by atomic mass is 9.75.